The summed E-state index contributed by atoms with van der Waals surface area (Å²) in [6.45, 7) is 1.90. The van der Waals surface area contributed by atoms with Crippen molar-refractivity contribution in [3.63, 3.8) is 0 Å². The molecule has 3 aromatic rings. The summed E-state index contributed by atoms with van der Waals surface area (Å²) in [7, 11) is 1.63. The highest BCUT2D eigenvalue weighted by Gasteiger charge is 2.26. The summed E-state index contributed by atoms with van der Waals surface area (Å²) in [5, 5.41) is 3.05. The Morgan fingerprint density at radius 1 is 1.23 bits per heavy atom. The Labute approximate surface area is 181 Å². The van der Waals surface area contributed by atoms with E-state index >= 15 is 0 Å². The number of nitrogens with zero attached hydrogens (tertiary/aromatic N) is 3. The molecule has 1 aromatic heterocycles. The van der Waals surface area contributed by atoms with Gasteiger partial charge in [-0.3, -0.25) is 4.79 Å². The molecule has 0 saturated carbocycles. The zero-order chi connectivity index (χ0) is 21.6. The van der Waals surface area contributed by atoms with Gasteiger partial charge >= 0.3 is 0 Å². The first-order valence-corrected chi connectivity index (χ1v) is 10.4. The lowest BCUT2D eigenvalue weighted by atomic mass is 9.97. The third-order valence-electron chi connectivity index (χ3n) is 5.46. The van der Waals surface area contributed by atoms with E-state index in [1.165, 1.54) is 12.1 Å². The van der Waals surface area contributed by atoms with Crippen LogP contribution >= 0.6 is 0 Å². The standard InChI is InChI=1S/C24H25FN4O2/c1-31-21-6-2-4-17(14-21)15-27-24(30)19-5-3-13-29(16-19)22-11-12-26-23(28-22)18-7-9-20(25)10-8-18/h2,4,6-12,14,19H,3,5,13,15-16H2,1H3,(H,27,30)/t19-/m1/s1. The van der Waals surface area contributed by atoms with Crippen molar-refractivity contribution in [3.8, 4) is 17.1 Å². The van der Waals surface area contributed by atoms with Crippen molar-refractivity contribution in [2.24, 2.45) is 5.92 Å². The van der Waals surface area contributed by atoms with Gasteiger partial charge in [0.15, 0.2) is 5.82 Å². The van der Waals surface area contributed by atoms with Crippen LogP contribution in [0.2, 0.25) is 0 Å². The number of hydrogen-bond acceptors (Lipinski definition) is 5. The summed E-state index contributed by atoms with van der Waals surface area (Å²) < 4.78 is 18.4. The molecule has 2 aromatic carbocycles. The molecule has 1 aliphatic heterocycles. The molecule has 0 spiro atoms. The second-order valence-corrected chi connectivity index (χ2v) is 7.60. The first-order chi connectivity index (χ1) is 15.1. The van der Waals surface area contributed by atoms with Crippen molar-refractivity contribution >= 4 is 11.7 Å². The monoisotopic (exact) mass is 420 g/mol. The van der Waals surface area contributed by atoms with Crippen molar-refractivity contribution < 1.29 is 13.9 Å². The number of hydrogen-bond donors (Lipinski definition) is 1. The van der Waals surface area contributed by atoms with Crippen molar-refractivity contribution in [1.29, 1.82) is 0 Å². The largest absolute Gasteiger partial charge is 0.497 e. The van der Waals surface area contributed by atoms with Gasteiger partial charge in [-0.1, -0.05) is 12.1 Å². The van der Waals surface area contributed by atoms with Crippen LogP contribution < -0.4 is 15.0 Å². The number of nitrogens with one attached hydrogen (secondary N) is 1. The normalized spacial score (nSPS) is 16.1. The quantitative estimate of drug-likeness (QED) is 0.657. The maximum Gasteiger partial charge on any atom is 0.225 e. The van der Waals surface area contributed by atoms with Gasteiger partial charge in [0, 0.05) is 31.4 Å². The molecule has 2 heterocycles. The Balaban J connectivity index is 1.40. The molecule has 1 saturated heterocycles. The third-order valence-corrected chi connectivity index (χ3v) is 5.46. The number of piperidine rings is 1. The molecule has 0 aliphatic carbocycles. The van der Waals surface area contributed by atoms with Crippen LogP contribution in [0.3, 0.4) is 0 Å². The first kappa shape index (κ1) is 20.8. The van der Waals surface area contributed by atoms with E-state index in [9.17, 15) is 9.18 Å². The van der Waals surface area contributed by atoms with E-state index in [2.05, 4.69) is 20.2 Å². The summed E-state index contributed by atoms with van der Waals surface area (Å²) in [6, 6.07) is 15.7. The Morgan fingerprint density at radius 2 is 2.06 bits per heavy atom. The van der Waals surface area contributed by atoms with E-state index in [0.717, 1.165) is 42.1 Å². The molecule has 7 heteroatoms. The number of anilines is 1. The topological polar surface area (TPSA) is 67.3 Å². The van der Waals surface area contributed by atoms with Gasteiger partial charge in [0.1, 0.15) is 17.4 Å². The van der Waals surface area contributed by atoms with Gasteiger partial charge in [0.2, 0.25) is 5.91 Å². The number of ether oxygens (including phenoxy) is 1. The smallest absolute Gasteiger partial charge is 0.225 e. The van der Waals surface area contributed by atoms with Gasteiger partial charge in [0.05, 0.1) is 13.0 Å². The predicted molar refractivity (Wildman–Crippen MR) is 117 cm³/mol. The number of rotatable bonds is 6. The number of halogens is 1. The van der Waals surface area contributed by atoms with Crippen LogP contribution in [-0.4, -0.2) is 36.1 Å². The average Bonchev–Trinajstić information content (AvgIpc) is 2.83. The molecule has 1 fully saturated rings. The van der Waals surface area contributed by atoms with E-state index < -0.39 is 0 Å². The van der Waals surface area contributed by atoms with E-state index in [0.29, 0.717) is 18.9 Å². The molecular formula is C24H25FN4O2. The molecule has 160 valence electrons. The van der Waals surface area contributed by atoms with Gasteiger partial charge in [-0.25, -0.2) is 14.4 Å². The molecular weight excluding hydrogens is 395 g/mol. The van der Waals surface area contributed by atoms with E-state index in [4.69, 9.17) is 4.74 Å². The van der Waals surface area contributed by atoms with E-state index in [1.807, 2.05) is 30.3 Å². The van der Waals surface area contributed by atoms with Crippen LogP contribution in [0.4, 0.5) is 10.2 Å². The highest BCUT2D eigenvalue weighted by molar-refractivity contribution is 5.79. The third kappa shape index (κ3) is 5.17. The lowest BCUT2D eigenvalue weighted by Crippen LogP contribution is -2.43. The number of methoxy groups -OCH3 is 1. The lowest BCUT2D eigenvalue weighted by Gasteiger charge is -2.33. The second-order valence-electron chi connectivity index (χ2n) is 7.60. The van der Waals surface area contributed by atoms with Crippen LogP contribution in [0.5, 0.6) is 5.75 Å². The summed E-state index contributed by atoms with van der Waals surface area (Å²) in [5.74, 6) is 1.74. The highest BCUT2D eigenvalue weighted by Crippen LogP contribution is 2.24. The number of carbonyl (C=O) groups excluding carboxylic acids is 1. The summed E-state index contributed by atoms with van der Waals surface area (Å²) >= 11 is 0. The maximum atomic E-state index is 13.2. The Kier molecular flexibility index (Phi) is 6.40. The molecule has 1 amide bonds. The fraction of sp³-hybridized carbons (Fsp3) is 0.292. The number of aromatic nitrogens is 2. The summed E-state index contributed by atoms with van der Waals surface area (Å²) in [5.41, 5.74) is 1.76. The van der Waals surface area contributed by atoms with Crippen molar-refractivity contribution in [1.82, 2.24) is 15.3 Å². The van der Waals surface area contributed by atoms with Gasteiger partial charge in [-0.05, 0) is 60.9 Å². The number of carbonyl (C=O) groups is 1. The summed E-state index contributed by atoms with van der Waals surface area (Å²) in [6.07, 6.45) is 3.46. The molecule has 1 atom stereocenters. The van der Waals surface area contributed by atoms with E-state index in [-0.39, 0.29) is 17.6 Å². The highest BCUT2D eigenvalue weighted by atomic mass is 19.1. The van der Waals surface area contributed by atoms with Crippen LogP contribution in [-0.2, 0) is 11.3 Å². The molecule has 4 rings (SSSR count). The van der Waals surface area contributed by atoms with Crippen molar-refractivity contribution in [2.45, 2.75) is 19.4 Å². The molecule has 6 nitrogen and oxygen atoms in total. The molecule has 1 N–H and O–H groups in total. The van der Waals surface area contributed by atoms with Gasteiger partial charge in [-0.2, -0.15) is 0 Å². The Morgan fingerprint density at radius 3 is 2.87 bits per heavy atom. The van der Waals surface area contributed by atoms with Gasteiger partial charge in [0.25, 0.3) is 0 Å². The van der Waals surface area contributed by atoms with Crippen LogP contribution in [0.25, 0.3) is 11.4 Å². The molecule has 0 unspecified atom stereocenters. The minimum absolute atomic E-state index is 0.0420. The molecule has 0 bridgehead atoms. The molecule has 31 heavy (non-hydrogen) atoms. The predicted octanol–water partition coefficient (Wildman–Crippen LogP) is 3.82. The SMILES string of the molecule is COc1cccc(CNC(=O)[C@@H]2CCCN(c3ccnc(-c4ccc(F)cc4)n3)C2)c1. The summed E-state index contributed by atoms with van der Waals surface area (Å²) in [4.78, 5) is 23.9. The molecule has 1 aliphatic rings. The van der Waals surface area contributed by atoms with Crippen molar-refractivity contribution in [3.05, 3.63) is 72.2 Å². The zero-order valence-electron chi connectivity index (χ0n) is 17.4. The van der Waals surface area contributed by atoms with Crippen LogP contribution in [0.1, 0.15) is 18.4 Å². The van der Waals surface area contributed by atoms with Gasteiger partial charge in [-0.15, -0.1) is 0 Å². The van der Waals surface area contributed by atoms with Gasteiger partial charge < -0.3 is 15.0 Å². The van der Waals surface area contributed by atoms with E-state index in [1.54, 1.807) is 25.4 Å². The minimum atomic E-state index is -0.293. The molecule has 0 radical (unpaired) electrons. The first-order valence-electron chi connectivity index (χ1n) is 10.4. The Hall–Kier alpha value is -3.48. The van der Waals surface area contributed by atoms with Crippen LogP contribution in [0, 0.1) is 11.7 Å². The Bertz CT molecular complexity index is 1040. The maximum absolute atomic E-state index is 13.2. The fourth-order valence-corrected chi connectivity index (χ4v) is 3.78. The lowest BCUT2D eigenvalue weighted by molar-refractivity contribution is -0.125. The van der Waals surface area contributed by atoms with Crippen molar-refractivity contribution in [2.75, 3.05) is 25.1 Å². The fourth-order valence-electron chi connectivity index (χ4n) is 3.78. The second kappa shape index (κ2) is 9.55. The van der Waals surface area contributed by atoms with Crippen LogP contribution in [0.15, 0.2) is 60.8 Å². The average molecular weight is 420 g/mol. The minimum Gasteiger partial charge on any atom is -0.497 e. The zero-order valence-corrected chi connectivity index (χ0v) is 17.4. The number of benzene rings is 2. The number of amides is 1.